The Kier molecular flexibility index (Phi) is 5.04. The van der Waals surface area contributed by atoms with Crippen molar-refractivity contribution < 1.29 is 18.7 Å². The fourth-order valence-electron chi connectivity index (χ4n) is 3.61. The normalized spacial score (nSPS) is 23.8. The Morgan fingerprint density at radius 1 is 1.48 bits per heavy atom. The number of carbonyl (C=O) groups excluding carboxylic acids is 1. The van der Waals surface area contributed by atoms with Gasteiger partial charge in [0, 0.05) is 26.2 Å². The number of carbonyl (C=O) groups is 1. The highest BCUT2D eigenvalue weighted by Crippen LogP contribution is 2.37. The van der Waals surface area contributed by atoms with Gasteiger partial charge in [-0.05, 0) is 38.4 Å². The Morgan fingerprint density at radius 3 is 2.91 bits per heavy atom. The Hall–Kier alpha value is -1.37. The number of ether oxygens (including phenoxy) is 2. The number of likely N-dealkylation sites (tertiary alicyclic amines) is 1. The summed E-state index contributed by atoms with van der Waals surface area (Å²) in [6.45, 7) is 3.24. The minimum Gasteiger partial charge on any atom is -0.468 e. The SMILES string of the molecule is COCC(=O)N1CCC2(CC1)C[C@@H](N(C)Cc1ccco1)CO2. The van der Waals surface area contributed by atoms with E-state index in [4.69, 9.17) is 13.9 Å². The third-order valence-corrected chi connectivity index (χ3v) is 5.09. The number of hydrogen-bond donors (Lipinski definition) is 0. The summed E-state index contributed by atoms with van der Waals surface area (Å²) in [7, 11) is 3.68. The smallest absolute Gasteiger partial charge is 0.248 e. The van der Waals surface area contributed by atoms with Crippen molar-refractivity contribution in [1.29, 1.82) is 0 Å². The van der Waals surface area contributed by atoms with Crippen LogP contribution in [0.2, 0.25) is 0 Å². The first-order valence-electron chi connectivity index (χ1n) is 8.25. The van der Waals surface area contributed by atoms with Crippen LogP contribution in [-0.2, 0) is 20.8 Å². The van der Waals surface area contributed by atoms with Gasteiger partial charge in [0.15, 0.2) is 0 Å². The van der Waals surface area contributed by atoms with Gasteiger partial charge in [0.1, 0.15) is 12.4 Å². The van der Waals surface area contributed by atoms with Crippen molar-refractivity contribution in [2.45, 2.75) is 37.5 Å². The molecule has 128 valence electrons. The summed E-state index contributed by atoms with van der Waals surface area (Å²) in [4.78, 5) is 16.1. The van der Waals surface area contributed by atoms with Crippen molar-refractivity contribution in [3.63, 3.8) is 0 Å². The molecule has 2 aliphatic rings. The van der Waals surface area contributed by atoms with E-state index < -0.39 is 0 Å². The summed E-state index contributed by atoms with van der Waals surface area (Å²) in [6, 6.07) is 4.33. The van der Waals surface area contributed by atoms with Crippen LogP contribution in [0.15, 0.2) is 22.8 Å². The maximum absolute atomic E-state index is 11.9. The third kappa shape index (κ3) is 3.76. The minimum atomic E-state index is -0.0635. The van der Waals surface area contributed by atoms with Crippen LogP contribution >= 0.6 is 0 Å². The first kappa shape index (κ1) is 16.5. The summed E-state index contributed by atoms with van der Waals surface area (Å²) in [5.74, 6) is 1.06. The van der Waals surface area contributed by atoms with E-state index in [2.05, 4.69) is 11.9 Å². The number of methoxy groups -OCH3 is 1. The van der Waals surface area contributed by atoms with E-state index in [0.29, 0.717) is 6.04 Å². The molecule has 2 aliphatic heterocycles. The standard InChI is InChI=1S/C17H26N2O4/c1-18(11-15-4-3-9-22-15)14-10-17(23-12-14)5-7-19(8-6-17)16(20)13-21-2/h3-4,9,14H,5-8,10-13H2,1-2H3/t14-/m1/s1. The number of furan rings is 1. The molecule has 0 aromatic carbocycles. The fraction of sp³-hybridized carbons (Fsp3) is 0.706. The van der Waals surface area contributed by atoms with Crippen LogP contribution in [-0.4, -0.2) is 67.8 Å². The molecule has 0 N–H and O–H groups in total. The van der Waals surface area contributed by atoms with E-state index in [1.165, 1.54) is 0 Å². The van der Waals surface area contributed by atoms with Crippen LogP contribution in [0, 0.1) is 0 Å². The molecule has 6 heteroatoms. The van der Waals surface area contributed by atoms with E-state index in [-0.39, 0.29) is 18.1 Å². The molecular weight excluding hydrogens is 296 g/mol. The molecule has 0 saturated carbocycles. The lowest BCUT2D eigenvalue weighted by atomic mass is 9.87. The van der Waals surface area contributed by atoms with E-state index in [1.54, 1.807) is 13.4 Å². The Balaban J connectivity index is 1.50. The summed E-state index contributed by atoms with van der Waals surface area (Å²) < 4.78 is 16.5. The minimum absolute atomic E-state index is 0.0635. The monoisotopic (exact) mass is 322 g/mol. The van der Waals surface area contributed by atoms with Crippen LogP contribution in [0.25, 0.3) is 0 Å². The average molecular weight is 322 g/mol. The van der Waals surface area contributed by atoms with Gasteiger partial charge in [-0.25, -0.2) is 0 Å². The van der Waals surface area contributed by atoms with Gasteiger partial charge in [0.2, 0.25) is 5.91 Å². The molecule has 0 radical (unpaired) electrons. The summed E-state index contributed by atoms with van der Waals surface area (Å²) in [5, 5.41) is 0. The molecule has 0 unspecified atom stereocenters. The highest BCUT2D eigenvalue weighted by Gasteiger charge is 2.44. The lowest BCUT2D eigenvalue weighted by Crippen LogP contribution is -2.47. The summed E-state index contributed by atoms with van der Waals surface area (Å²) >= 11 is 0. The Labute approximate surface area is 137 Å². The van der Waals surface area contributed by atoms with Crippen molar-refractivity contribution in [1.82, 2.24) is 9.80 Å². The van der Waals surface area contributed by atoms with Gasteiger partial charge in [-0.3, -0.25) is 9.69 Å². The van der Waals surface area contributed by atoms with E-state index >= 15 is 0 Å². The van der Waals surface area contributed by atoms with Gasteiger partial charge in [-0.1, -0.05) is 0 Å². The molecule has 1 atom stereocenters. The molecule has 6 nitrogen and oxygen atoms in total. The van der Waals surface area contributed by atoms with Crippen LogP contribution in [0.3, 0.4) is 0 Å². The van der Waals surface area contributed by atoms with Gasteiger partial charge in [0.25, 0.3) is 0 Å². The zero-order valence-electron chi connectivity index (χ0n) is 14.0. The van der Waals surface area contributed by atoms with Crippen LogP contribution in [0.1, 0.15) is 25.0 Å². The van der Waals surface area contributed by atoms with Crippen molar-refractivity contribution in [2.24, 2.45) is 0 Å². The second-order valence-corrected chi connectivity index (χ2v) is 6.66. The predicted molar refractivity (Wildman–Crippen MR) is 85.0 cm³/mol. The number of hydrogen-bond acceptors (Lipinski definition) is 5. The molecule has 0 aliphatic carbocycles. The van der Waals surface area contributed by atoms with Gasteiger partial charge >= 0.3 is 0 Å². The number of piperidine rings is 1. The molecule has 1 aromatic rings. The van der Waals surface area contributed by atoms with Gasteiger partial charge in [-0.15, -0.1) is 0 Å². The second kappa shape index (κ2) is 7.03. The average Bonchev–Trinajstić information content (AvgIpc) is 3.19. The third-order valence-electron chi connectivity index (χ3n) is 5.09. The van der Waals surface area contributed by atoms with E-state index in [0.717, 1.165) is 51.3 Å². The second-order valence-electron chi connectivity index (χ2n) is 6.66. The molecule has 2 fully saturated rings. The van der Waals surface area contributed by atoms with Crippen molar-refractivity contribution in [3.05, 3.63) is 24.2 Å². The lowest BCUT2D eigenvalue weighted by molar-refractivity contribution is -0.139. The lowest BCUT2D eigenvalue weighted by Gasteiger charge is -2.38. The molecule has 3 heterocycles. The molecular formula is C17H26N2O4. The zero-order chi connectivity index (χ0) is 16.3. The van der Waals surface area contributed by atoms with Crippen LogP contribution in [0.5, 0.6) is 0 Å². The predicted octanol–water partition coefficient (Wildman–Crippen LogP) is 1.51. The first-order valence-corrected chi connectivity index (χ1v) is 8.25. The Morgan fingerprint density at radius 2 is 2.26 bits per heavy atom. The maximum atomic E-state index is 11.9. The molecule has 1 amide bonds. The maximum Gasteiger partial charge on any atom is 0.248 e. The number of rotatable bonds is 5. The molecule has 2 saturated heterocycles. The molecule has 23 heavy (non-hydrogen) atoms. The number of nitrogens with zero attached hydrogens (tertiary/aromatic N) is 2. The van der Waals surface area contributed by atoms with Crippen molar-refractivity contribution in [2.75, 3.05) is 40.5 Å². The summed E-state index contributed by atoms with van der Waals surface area (Å²) in [5.41, 5.74) is -0.0635. The quantitative estimate of drug-likeness (QED) is 0.822. The van der Waals surface area contributed by atoms with Gasteiger partial charge < -0.3 is 18.8 Å². The largest absolute Gasteiger partial charge is 0.468 e. The van der Waals surface area contributed by atoms with Crippen LogP contribution in [0.4, 0.5) is 0 Å². The zero-order valence-corrected chi connectivity index (χ0v) is 14.0. The van der Waals surface area contributed by atoms with Gasteiger partial charge in [-0.2, -0.15) is 0 Å². The molecule has 0 bridgehead atoms. The number of amides is 1. The Bertz CT molecular complexity index is 509. The van der Waals surface area contributed by atoms with Crippen molar-refractivity contribution in [3.8, 4) is 0 Å². The van der Waals surface area contributed by atoms with E-state index in [9.17, 15) is 4.79 Å². The topological polar surface area (TPSA) is 55.2 Å². The number of likely N-dealkylation sites (N-methyl/N-ethyl adjacent to an activating group) is 1. The highest BCUT2D eigenvalue weighted by molar-refractivity contribution is 5.77. The molecule has 1 spiro atoms. The highest BCUT2D eigenvalue weighted by atomic mass is 16.5. The fourth-order valence-corrected chi connectivity index (χ4v) is 3.61. The van der Waals surface area contributed by atoms with Crippen molar-refractivity contribution >= 4 is 5.91 Å². The first-order chi connectivity index (χ1) is 11.1. The van der Waals surface area contributed by atoms with Gasteiger partial charge in [0.05, 0.1) is 25.0 Å². The summed E-state index contributed by atoms with van der Waals surface area (Å²) in [6.07, 6.45) is 4.56. The van der Waals surface area contributed by atoms with E-state index in [1.807, 2.05) is 17.0 Å². The van der Waals surface area contributed by atoms with Crippen LogP contribution < -0.4 is 0 Å². The molecule has 1 aromatic heterocycles. The molecule has 3 rings (SSSR count).